The maximum absolute atomic E-state index is 10.7. The van der Waals surface area contributed by atoms with Crippen LogP contribution in [0, 0.1) is 5.92 Å². The van der Waals surface area contributed by atoms with E-state index in [1.54, 1.807) is 7.11 Å². The summed E-state index contributed by atoms with van der Waals surface area (Å²) in [5, 5.41) is 8.82. The number of carbonyl (C=O) groups is 1. The third-order valence-electron chi connectivity index (χ3n) is 3.79. The average molecular weight is 342 g/mol. The van der Waals surface area contributed by atoms with Gasteiger partial charge in [0.15, 0.2) is 0 Å². The molecule has 20 heavy (non-hydrogen) atoms. The van der Waals surface area contributed by atoms with Crippen molar-refractivity contribution in [2.75, 3.05) is 20.2 Å². The van der Waals surface area contributed by atoms with Crippen molar-refractivity contribution in [3.8, 4) is 5.75 Å². The molecule has 0 spiro atoms. The van der Waals surface area contributed by atoms with E-state index in [2.05, 4.69) is 33.0 Å². The van der Waals surface area contributed by atoms with E-state index in [9.17, 15) is 4.79 Å². The van der Waals surface area contributed by atoms with Crippen molar-refractivity contribution in [2.45, 2.75) is 25.8 Å². The van der Waals surface area contributed by atoms with Gasteiger partial charge in [-0.15, -0.1) is 0 Å². The molecule has 1 aromatic rings. The molecule has 1 aliphatic heterocycles. The molecule has 1 fully saturated rings. The van der Waals surface area contributed by atoms with Crippen LogP contribution in [-0.4, -0.2) is 36.2 Å². The first kappa shape index (κ1) is 15.3. The molecule has 5 heteroatoms. The van der Waals surface area contributed by atoms with Gasteiger partial charge in [-0.2, -0.15) is 0 Å². The van der Waals surface area contributed by atoms with E-state index in [1.807, 2.05) is 6.07 Å². The van der Waals surface area contributed by atoms with Crippen molar-refractivity contribution in [2.24, 2.45) is 5.92 Å². The number of hydrogen-bond donors (Lipinski definition) is 1. The normalized spacial score (nSPS) is 17.1. The number of ether oxygens (including phenoxy) is 1. The molecule has 0 saturated carbocycles. The first-order chi connectivity index (χ1) is 9.58. The van der Waals surface area contributed by atoms with Crippen molar-refractivity contribution in [1.29, 1.82) is 0 Å². The number of piperidine rings is 1. The predicted octanol–water partition coefficient (Wildman–Crippen LogP) is 3.14. The fraction of sp³-hybridized carbons (Fsp3) is 0.533. The van der Waals surface area contributed by atoms with Crippen LogP contribution >= 0.6 is 15.9 Å². The smallest absolute Gasteiger partial charge is 0.303 e. The quantitative estimate of drug-likeness (QED) is 0.893. The highest BCUT2D eigenvalue weighted by molar-refractivity contribution is 9.10. The monoisotopic (exact) mass is 341 g/mol. The van der Waals surface area contributed by atoms with Gasteiger partial charge in [0.05, 0.1) is 11.6 Å². The predicted molar refractivity (Wildman–Crippen MR) is 80.9 cm³/mol. The minimum Gasteiger partial charge on any atom is -0.496 e. The summed E-state index contributed by atoms with van der Waals surface area (Å²) in [5.74, 6) is 0.503. The Morgan fingerprint density at radius 3 is 2.70 bits per heavy atom. The van der Waals surface area contributed by atoms with Crippen LogP contribution < -0.4 is 4.74 Å². The number of carboxylic acid groups (broad SMARTS) is 1. The number of hydrogen-bond acceptors (Lipinski definition) is 3. The van der Waals surface area contributed by atoms with Crippen LogP contribution in [0.3, 0.4) is 0 Å². The number of rotatable bonds is 5. The van der Waals surface area contributed by atoms with Crippen molar-refractivity contribution >= 4 is 21.9 Å². The number of aliphatic carboxylic acids is 1. The van der Waals surface area contributed by atoms with Gasteiger partial charge >= 0.3 is 5.97 Å². The summed E-state index contributed by atoms with van der Waals surface area (Å²) < 4.78 is 6.20. The second kappa shape index (κ2) is 7.09. The Bertz CT molecular complexity index is 470. The van der Waals surface area contributed by atoms with Crippen molar-refractivity contribution in [3.05, 3.63) is 28.2 Å². The molecule has 0 unspecified atom stereocenters. The van der Waals surface area contributed by atoms with E-state index in [-0.39, 0.29) is 0 Å². The van der Waals surface area contributed by atoms with Crippen molar-refractivity contribution in [1.82, 2.24) is 4.90 Å². The van der Waals surface area contributed by atoms with Gasteiger partial charge in [-0.3, -0.25) is 9.69 Å². The summed E-state index contributed by atoms with van der Waals surface area (Å²) in [7, 11) is 1.66. The molecule has 0 atom stereocenters. The zero-order valence-corrected chi connectivity index (χ0v) is 13.2. The van der Waals surface area contributed by atoms with Gasteiger partial charge in [-0.25, -0.2) is 0 Å². The molecule has 110 valence electrons. The maximum atomic E-state index is 10.7. The SMILES string of the molecule is COc1ccc(CN2CCC(CC(=O)O)CC2)cc1Br. The molecule has 0 radical (unpaired) electrons. The molecule has 4 nitrogen and oxygen atoms in total. The molecule has 1 N–H and O–H groups in total. The van der Waals surface area contributed by atoms with Crippen LogP contribution in [0.5, 0.6) is 5.75 Å². The van der Waals surface area contributed by atoms with Gasteiger partial charge in [0.1, 0.15) is 5.75 Å². The Labute approximate surface area is 127 Å². The van der Waals surface area contributed by atoms with Crippen LogP contribution in [0.4, 0.5) is 0 Å². The molecule has 1 aromatic carbocycles. The first-order valence-electron chi connectivity index (χ1n) is 6.85. The Morgan fingerprint density at radius 1 is 1.45 bits per heavy atom. The second-order valence-electron chi connectivity index (χ2n) is 5.29. The molecule has 1 heterocycles. The van der Waals surface area contributed by atoms with E-state index in [0.29, 0.717) is 12.3 Å². The fourth-order valence-electron chi connectivity index (χ4n) is 2.66. The summed E-state index contributed by atoms with van der Waals surface area (Å²) in [6.07, 6.45) is 2.26. The summed E-state index contributed by atoms with van der Waals surface area (Å²) in [6.45, 7) is 2.85. The summed E-state index contributed by atoms with van der Waals surface area (Å²) in [6, 6.07) is 6.13. The van der Waals surface area contributed by atoms with E-state index >= 15 is 0 Å². The lowest BCUT2D eigenvalue weighted by Crippen LogP contribution is -2.33. The van der Waals surface area contributed by atoms with E-state index < -0.39 is 5.97 Å². The Balaban J connectivity index is 1.86. The zero-order chi connectivity index (χ0) is 14.5. The third kappa shape index (κ3) is 4.21. The number of likely N-dealkylation sites (tertiary alicyclic amines) is 1. The molecule has 0 aliphatic carbocycles. The van der Waals surface area contributed by atoms with Crippen molar-refractivity contribution < 1.29 is 14.6 Å². The van der Waals surface area contributed by atoms with Crippen LogP contribution in [0.1, 0.15) is 24.8 Å². The van der Waals surface area contributed by atoms with E-state index in [4.69, 9.17) is 9.84 Å². The molecule has 0 amide bonds. The maximum Gasteiger partial charge on any atom is 0.303 e. The number of nitrogens with zero attached hydrogens (tertiary/aromatic N) is 1. The summed E-state index contributed by atoms with van der Waals surface area (Å²) in [4.78, 5) is 13.1. The van der Waals surface area contributed by atoms with E-state index in [0.717, 1.165) is 42.7 Å². The molecule has 1 saturated heterocycles. The highest BCUT2D eigenvalue weighted by atomic mass is 79.9. The molecular formula is C15H20BrNO3. The van der Waals surface area contributed by atoms with Crippen LogP contribution in [0.15, 0.2) is 22.7 Å². The highest BCUT2D eigenvalue weighted by Gasteiger charge is 2.21. The first-order valence-corrected chi connectivity index (χ1v) is 7.64. The van der Waals surface area contributed by atoms with Gasteiger partial charge in [-0.1, -0.05) is 6.07 Å². The lowest BCUT2D eigenvalue weighted by atomic mass is 9.93. The summed E-state index contributed by atoms with van der Waals surface area (Å²) in [5.41, 5.74) is 1.24. The standard InChI is InChI=1S/C15H20BrNO3/c1-20-14-3-2-12(8-13(14)16)10-17-6-4-11(5-7-17)9-15(18)19/h2-3,8,11H,4-7,9-10H2,1H3,(H,18,19). The summed E-state index contributed by atoms with van der Waals surface area (Å²) >= 11 is 3.50. The van der Waals surface area contributed by atoms with Gasteiger partial charge < -0.3 is 9.84 Å². The molecule has 2 rings (SSSR count). The Morgan fingerprint density at radius 2 is 2.15 bits per heavy atom. The third-order valence-corrected chi connectivity index (χ3v) is 4.41. The van der Waals surface area contributed by atoms with Crippen LogP contribution in [0.25, 0.3) is 0 Å². The number of carboxylic acids is 1. The van der Waals surface area contributed by atoms with Crippen LogP contribution in [0.2, 0.25) is 0 Å². The lowest BCUT2D eigenvalue weighted by molar-refractivity contribution is -0.138. The van der Waals surface area contributed by atoms with Crippen molar-refractivity contribution in [3.63, 3.8) is 0 Å². The lowest BCUT2D eigenvalue weighted by Gasteiger charge is -2.31. The highest BCUT2D eigenvalue weighted by Crippen LogP contribution is 2.27. The molecule has 1 aliphatic rings. The minimum atomic E-state index is -0.678. The fourth-order valence-corrected chi connectivity index (χ4v) is 3.25. The van der Waals surface area contributed by atoms with Gasteiger partial charge in [0.2, 0.25) is 0 Å². The van der Waals surface area contributed by atoms with E-state index in [1.165, 1.54) is 5.56 Å². The Hall–Kier alpha value is -1.07. The van der Waals surface area contributed by atoms with Crippen LogP contribution in [-0.2, 0) is 11.3 Å². The largest absolute Gasteiger partial charge is 0.496 e. The topological polar surface area (TPSA) is 49.8 Å². The molecule has 0 bridgehead atoms. The second-order valence-corrected chi connectivity index (χ2v) is 6.14. The number of halogens is 1. The van der Waals surface area contributed by atoms with Gasteiger partial charge in [-0.05, 0) is 65.5 Å². The number of benzene rings is 1. The minimum absolute atomic E-state index is 0.307. The van der Waals surface area contributed by atoms with Gasteiger partial charge in [0, 0.05) is 13.0 Å². The number of methoxy groups -OCH3 is 1. The molecular weight excluding hydrogens is 322 g/mol. The molecule has 0 aromatic heterocycles. The zero-order valence-electron chi connectivity index (χ0n) is 11.6. The van der Waals surface area contributed by atoms with Gasteiger partial charge in [0.25, 0.3) is 0 Å². The average Bonchev–Trinajstić information content (AvgIpc) is 2.41. The Kier molecular flexibility index (Phi) is 5.43.